The monoisotopic (exact) mass is 351 g/mol. The molecule has 136 valence electrons. The van der Waals surface area contributed by atoms with Gasteiger partial charge in [0, 0.05) is 12.1 Å². The van der Waals surface area contributed by atoms with Crippen molar-refractivity contribution in [2.45, 2.75) is 19.3 Å². The molecule has 0 bridgehead atoms. The SMILES string of the molecule is N=C(N)c1ccc(-c2ccc(CCN3CCC(C(=O)O)CC3)cc2)cc1. The number of rotatable bonds is 6. The van der Waals surface area contributed by atoms with Gasteiger partial charge >= 0.3 is 5.97 Å². The minimum absolute atomic E-state index is 0.0827. The molecule has 1 heterocycles. The van der Waals surface area contributed by atoms with E-state index in [-0.39, 0.29) is 11.8 Å². The Kier molecular flexibility index (Phi) is 5.68. The Bertz CT molecular complexity index is 761. The van der Waals surface area contributed by atoms with Crippen LogP contribution in [0.1, 0.15) is 24.0 Å². The zero-order valence-corrected chi connectivity index (χ0v) is 14.8. The number of carboxylic acid groups (broad SMARTS) is 1. The molecule has 1 saturated heterocycles. The first kappa shape index (κ1) is 18.1. The number of carboxylic acids is 1. The summed E-state index contributed by atoms with van der Waals surface area (Å²) in [6.07, 6.45) is 2.48. The summed E-state index contributed by atoms with van der Waals surface area (Å²) in [4.78, 5) is 13.4. The maximum Gasteiger partial charge on any atom is 0.306 e. The van der Waals surface area contributed by atoms with Gasteiger partial charge in [-0.2, -0.15) is 0 Å². The van der Waals surface area contributed by atoms with E-state index in [1.165, 1.54) is 5.56 Å². The molecule has 1 aliphatic rings. The fourth-order valence-corrected chi connectivity index (χ4v) is 3.40. The quantitative estimate of drug-likeness (QED) is 0.551. The van der Waals surface area contributed by atoms with E-state index in [4.69, 9.17) is 16.2 Å². The van der Waals surface area contributed by atoms with E-state index < -0.39 is 5.97 Å². The number of nitrogen functional groups attached to an aromatic ring is 1. The van der Waals surface area contributed by atoms with Crippen molar-refractivity contribution in [2.75, 3.05) is 19.6 Å². The fraction of sp³-hybridized carbons (Fsp3) is 0.333. The van der Waals surface area contributed by atoms with Crippen LogP contribution in [0.3, 0.4) is 0 Å². The van der Waals surface area contributed by atoms with Crippen LogP contribution < -0.4 is 5.73 Å². The normalized spacial score (nSPS) is 15.7. The third kappa shape index (κ3) is 4.49. The summed E-state index contributed by atoms with van der Waals surface area (Å²) < 4.78 is 0. The van der Waals surface area contributed by atoms with Crippen molar-refractivity contribution < 1.29 is 9.90 Å². The van der Waals surface area contributed by atoms with Gasteiger partial charge in [0.05, 0.1) is 5.92 Å². The van der Waals surface area contributed by atoms with Crippen LogP contribution in [0, 0.1) is 11.3 Å². The molecular formula is C21H25N3O2. The summed E-state index contributed by atoms with van der Waals surface area (Å²) in [7, 11) is 0. The van der Waals surface area contributed by atoms with Crippen LogP contribution in [0.25, 0.3) is 11.1 Å². The molecule has 5 nitrogen and oxygen atoms in total. The highest BCUT2D eigenvalue weighted by Gasteiger charge is 2.23. The molecule has 0 aliphatic carbocycles. The minimum Gasteiger partial charge on any atom is -0.481 e. The lowest BCUT2D eigenvalue weighted by molar-refractivity contribution is -0.143. The number of likely N-dealkylation sites (tertiary alicyclic amines) is 1. The molecule has 0 aromatic heterocycles. The first-order chi connectivity index (χ1) is 12.5. The highest BCUT2D eigenvalue weighted by Crippen LogP contribution is 2.21. The summed E-state index contributed by atoms with van der Waals surface area (Å²) in [5.41, 5.74) is 9.76. The molecule has 1 fully saturated rings. The molecule has 0 radical (unpaired) electrons. The van der Waals surface area contributed by atoms with Gasteiger partial charge < -0.3 is 15.7 Å². The highest BCUT2D eigenvalue weighted by atomic mass is 16.4. The van der Waals surface area contributed by atoms with Crippen molar-refractivity contribution in [3.8, 4) is 11.1 Å². The number of nitrogens with two attached hydrogens (primary N) is 1. The van der Waals surface area contributed by atoms with Crippen LogP contribution in [0.15, 0.2) is 48.5 Å². The van der Waals surface area contributed by atoms with Crippen molar-refractivity contribution in [3.63, 3.8) is 0 Å². The number of nitrogens with zero attached hydrogens (tertiary/aromatic N) is 1. The second kappa shape index (κ2) is 8.15. The Morgan fingerprint density at radius 1 is 1.04 bits per heavy atom. The Hall–Kier alpha value is -2.66. The average Bonchev–Trinajstić information content (AvgIpc) is 2.67. The van der Waals surface area contributed by atoms with Crippen LogP contribution >= 0.6 is 0 Å². The van der Waals surface area contributed by atoms with E-state index in [2.05, 4.69) is 29.2 Å². The number of hydrogen-bond donors (Lipinski definition) is 3. The molecule has 1 aliphatic heterocycles. The van der Waals surface area contributed by atoms with Gasteiger partial charge in [-0.3, -0.25) is 10.2 Å². The van der Waals surface area contributed by atoms with Crippen LogP contribution in [0.5, 0.6) is 0 Å². The number of nitrogens with one attached hydrogen (secondary N) is 1. The number of benzene rings is 2. The largest absolute Gasteiger partial charge is 0.481 e. The van der Waals surface area contributed by atoms with E-state index >= 15 is 0 Å². The van der Waals surface area contributed by atoms with Gasteiger partial charge in [0.25, 0.3) is 0 Å². The summed E-state index contributed by atoms with van der Waals surface area (Å²) in [5, 5.41) is 16.5. The van der Waals surface area contributed by atoms with Crippen molar-refractivity contribution >= 4 is 11.8 Å². The van der Waals surface area contributed by atoms with Gasteiger partial charge in [0.1, 0.15) is 5.84 Å². The van der Waals surface area contributed by atoms with Gasteiger partial charge in [-0.15, -0.1) is 0 Å². The molecule has 2 aromatic rings. The summed E-state index contributed by atoms with van der Waals surface area (Å²) in [6, 6.07) is 16.2. The maximum absolute atomic E-state index is 11.0. The molecule has 0 amide bonds. The summed E-state index contributed by atoms with van der Waals surface area (Å²) in [6.45, 7) is 2.72. The summed E-state index contributed by atoms with van der Waals surface area (Å²) in [5.74, 6) is -0.740. The highest BCUT2D eigenvalue weighted by molar-refractivity contribution is 5.95. The molecule has 0 spiro atoms. The van der Waals surface area contributed by atoms with Crippen molar-refractivity contribution in [1.29, 1.82) is 5.41 Å². The van der Waals surface area contributed by atoms with Crippen LogP contribution in [-0.2, 0) is 11.2 Å². The Balaban J connectivity index is 1.53. The Labute approximate surface area is 154 Å². The van der Waals surface area contributed by atoms with Crippen molar-refractivity contribution in [3.05, 3.63) is 59.7 Å². The molecule has 0 unspecified atom stereocenters. The van der Waals surface area contributed by atoms with Crippen molar-refractivity contribution in [2.24, 2.45) is 11.7 Å². The van der Waals surface area contributed by atoms with Gasteiger partial charge in [-0.1, -0.05) is 48.5 Å². The third-order valence-corrected chi connectivity index (χ3v) is 5.14. The predicted molar refractivity (Wildman–Crippen MR) is 103 cm³/mol. The van der Waals surface area contributed by atoms with E-state index in [0.29, 0.717) is 0 Å². The first-order valence-electron chi connectivity index (χ1n) is 9.02. The van der Waals surface area contributed by atoms with E-state index in [0.717, 1.165) is 55.6 Å². The molecule has 3 rings (SSSR count). The van der Waals surface area contributed by atoms with Gasteiger partial charge in [-0.05, 0) is 49.0 Å². The zero-order chi connectivity index (χ0) is 18.5. The molecule has 4 N–H and O–H groups in total. The van der Waals surface area contributed by atoms with E-state index in [1.54, 1.807) is 0 Å². The molecule has 5 heteroatoms. The average molecular weight is 351 g/mol. The number of carbonyl (C=O) groups is 1. The number of aliphatic carboxylic acids is 1. The van der Waals surface area contributed by atoms with E-state index in [9.17, 15) is 4.79 Å². The maximum atomic E-state index is 11.0. The standard InChI is InChI=1S/C21H25N3O2/c22-20(23)18-7-5-17(6-8-18)16-3-1-15(2-4-16)9-12-24-13-10-19(11-14-24)21(25)26/h1-8,19H,9-14H2,(H3,22,23)(H,25,26). The molecular weight excluding hydrogens is 326 g/mol. The van der Waals surface area contributed by atoms with Crippen LogP contribution in [0.2, 0.25) is 0 Å². The summed E-state index contributed by atoms with van der Waals surface area (Å²) >= 11 is 0. The van der Waals surface area contributed by atoms with Crippen LogP contribution in [-0.4, -0.2) is 41.4 Å². The second-order valence-corrected chi connectivity index (χ2v) is 6.89. The topological polar surface area (TPSA) is 90.4 Å². The first-order valence-corrected chi connectivity index (χ1v) is 9.02. The number of hydrogen-bond acceptors (Lipinski definition) is 3. The molecule has 26 heavy (non-hydrogen) atoms. The lowest BCUT2D eigenvalue weighted by Gasteiger charge is -2.29. The second-order valence-electron chi connectivity index (χ2n) is 6.89. The van der Waals surface area contributed by atoms with Crippen molar-refractivity contribution in [1.82, 2.24) is 4.90 Å². The van der Waals surface area contributed by atoms with Crippen LogP contribution in [0.4, 0.5) is 0 Å². The van der Waals surface area contributed by atoms with Gasteiger partial charge in [-0.25, -0.2) is 0 Å². The zero-order valence-electron chi connectivity index (χ0n) is 14.8. The lowest BCUT2D eigenvalue weighted by Crippen LogP contribution is -2.37. The number of amidine groups is 1. The lowest BCUT2D eigenvalue weighted by atomic mass is 9.96. The molecule has 0 atom stereocenters. The molecule has 2 aromatic carbocycles. The minimum atomic E-state index is -0.656. The smallest absolute Gasteiger partial charge is 0.306 e. The van der Waals surface area contributed by atoms with Gasteiger partial charge in [0.15, 0.2) is 0 Å². The Morgan fingerprint density at radius 3 is 2.08 bits per heavy atom. The number of piperidine rings is 1. The Morgan fingerprint density at radius 2 is 1.58 bits per heavy atom. The predicted octanol–water partition coefficient (Wildman–Crippen LogP) is 2.98. The fourth-order valence-electron chi connectivity index (χ4n) is 3.40. The third-order valence-electron chi connectivity index (χ3n) is 5.14. The van der Waals surface area contributed by atoms with Gasteiger partial charge in [0.2, 0.25) is 0 Å². The van der Waals surface area contributed by atoms with E-state index in [1.807, 2.05) is 24.3 Å². The molecule has 0 saturated carbocycles.